The monoisotopic (exact) mass is 811 g/mol. The lowest BCUT2D eigenvalue weighted by molar-refractivity contribution is 0.550. The van der Waals surface area contributed by atoms with E-state index in [9.17, 15) is 0 Å². The van der Waals surface area contributed by atoms with Crippen molar-refractivity contribution in [2.24, 2.45) is 0 Å². The van der Waals surface area contributed by atoms with Gasteiger partial charge in [-0.2, -0.15) is 0 Å². The summed E-state index contributed by atoms with van der Waals surface area (Å²) < 4.78 is 2.71. The van der Waals surface area contributed by atoms with Gasteiger partial charge in [-0.1, -0.05) is 184 Å². The van der Waals surface area contributed by atoms with Crippen LogP contribution in [0, 0.1) is 0 Å². The van der Waals surface area contributed by atoms with Crippen LogP contribution < -0.4 is 4.90 Å². The second-order valence-corrected chi connectivity index (χ2v) is 19.3. The zero-order valence-electron chi connectivity index (χ0n) is 35.1. The zero-order valence-corrected chi connectivity index (χ0v) is 35.9. The Morgan fingerprint density at radius 3 is 1.82 bits per heavy atom. The molecule has 13 rings (SSSR count). The number of rotatable bonds is 5. The Morgan fingerprint density at radius 1 is 0.419 bits per heavy atom. The van der Waals surface area contributed by atoms with Crippen LogP contribution >= 0.6 is 11.3 Å². The van der Waals surface area contributed by atoms with Crippen LogP contribution in [-0.2, 0) is 10.8 Å². The van der Waals surface area contributed by atoms with Crippen molar-refractivity contribution in [3.05, 3.63) is 210 Å². The van der Waals surface area contributed by atoms with Crippen molar-refractivity contribution in [3.63, 3.8) is 0 Å². The summed E-state index contributed by atoms with van der Waals surface area (Å²) in [5.74, 6) is 0. The maximum absolute atomic E-state index is 2.56. The van der Waals surface area contributed by atoms with Crippen LogP contribution in [0.5, 0.6) is 0 Å². The Morgan fingerprint density at radius 2 is 1.00 bits per heavy atom. The minimum atomic E-state index is -0.143. The standard InChI is InChI=1S/C60H45NS/c1-59(2)52-24-8-5-18-45(52)48-21-14-22-49(56(48)59)47-19-7-10-26-55(47)61(41-32-34-46-44-17-6-9-25-53(44)60(54(46)37-41)35-11-12-36-60)40-30-27-39(28-31-40)43-20-13-23-50-51-33-29-38-15-3-4-16-42(38)58(51)62-57(43)50/h3-10,13-34,37H,11-12,35-36H2,1-2H3. The lowest BCUT2D eigenvalue weighted by Gasteiger charge is -2.32. The van der Waals surface area contributed by atoms with Crippen LogP contribution in [0.2, 0.25) is 0 Å². The van der Waals surface area contributed by atoms with E-state index < -0.39 is 0 Å². The molecule has 10 aromatic rings. The molecule has 2 heteroatoms. The predicted molar refractivity (Wildman–Crippen MR) is 265 cm³/mol. The minimum Gasteiger partial charge on any atom is -0.310 e. The van der Waals surface area contributed by atoms with Crippen molar-refractivity contribution in [1.29, 1.82) is 0 Å². The number of anilines is 3. The molecular weight excluding hydrogens is 767 g/mol. The summed E-state index contributed by atoms with van der Waals surface area (Å²) in [6.45, 7) is 4.80. The van der Waals surface area contributed by atoms with Gasteiger partial charge in [-0.05, 0) is 115 Å². The molecular formula is C60H45NS. The molecule has 0 atom stereocenters. The Kier molecular flexibility index (Phi) is 7.76. The summed E-state index contributed by atoms with van der Waals surface area (Å²) >= 11 is 1.93. The molecule has 1 spiro atoms. The first-order valence-electron chi connectivity index (χ1n) is 22.3. The fourth-order valence-electron chi connectivity index (χ4n) is 12.0. The van der Waals surface area contributed by atoms with E-state index in [1.54, 1.807) is 0 Å². The first kappa shape index (κ1) is 36.0. The van der Waals surface area contributed by atoms with Gasteiger partial charge in [0.1, 0.15) is 0 Å². The van der Waals surface area contributed by atoms with Crippen molar-refractivity contribution in [2.75, 3.05) is 4.90 Å². The molecule has 62 heavy (non-hydrogen) atoms. The lowest BCUT2D eigenvalue weighted by Crippen LogP contribution is -2.21. The number of para-hydroxylation sites is 1. The third-order valence-corrected chi connectivity index (χ3v) is 16.1. The summed E-state index contributed by atoms with van der Waals surface area (Å²) in [5, 5.41) is 5.28. The van der Waals surface area contributed by atoms with Gasteiger partial charge in [0.2, 0.25) is 0 Å². The SMILES string of the molecule is CC1(C)c2ccccc2-c2cccc(-c3ccccc3N(c3ccc(-c4cccc5c4sc4c6ccccc6ccc54)cc3)c3ccc4c(c3)C3(CCCC3)c3ccccc3-4)c21. The summed E-state index contributed by atoms with van der Waals surface area (Å²) in [5.41, 5.74) is 19.9. The summed E-state index contributed by atoms with van der Waals surface area (Å²) in [6, 6.07) is 71.3. The minimum absolute atomic E-state index is 0.0707. The van der Waals surface area contributed by atoms with E-state index in [1.807, 2.05) is 11.3 Å². The molecule has 0 bridgehead atoms. The largest absolute Gasteiger partial charge is 0.310 e. The van der Waals surface area contributed by atoms with Gasteiger partial charge in [-0.25, -0.2) is 0 Å². The Balaban J connectivity index is 1.00. The van der Waals surface area contributed by atoms with Gasteiger partial charge in [0, 0.05) is 47.9 Å². The average molecular weight is 812 g/mol. The van der Waals surface area contributed by atoms with E-state index in [0.717, 1.165) is 5.69 Å². The Bertz CT molecular complexity index is 3450. The maximum atomic E-state index is 2.56. The third kappa shape index (κ3) is 5.02. The smallest absolute Gasteiger partial charge is 0.0540 e. The van der Waals surface area contributed by atoms with E-state index in [1.165, 1.54) is 135 Å². The summed E-state index contributed by atoms with van der Waals surface area (Å²) in [7, 11) is 0. The molecule has 0 N–H and O–H groups in total. The van der Waals surface area contributed by atoms with Crippen LogP contribution in [0.25, 0.3) is 75.5 Å². The maximum Gasteiger partial charge on any atom is 0.0540 e. The highest BCUT2D eigenvalue weighted by Gasteiger charge is 2.45. The highest BCUT2D eigenvalue weighted by molar-refractivity contribution is 7.27. The molecule has 0 aliphatic heterocycles. The van der Waals surface area contributed by atoms with Crippen LogP contribution in [0.1, 0.15) is 61.8 Å². The van der Waals surface area contributed by atoms with E-state index in [0.29, 0.717) is 0 Å². The van der Waals surface area contributed by atoms with Crippen LogP contribution in [0.15, 0.2) is 188 Å². The molecule has 3 aliphatic rings. The van der Waals surface area contributed by atoms with Gasteiger partial charge in [0.05, 0.1) is 5.69 Å². The van der Waals surface area contributed by atoms with E-state index in [4.69, 9.17) is 0 Å². The molecule has 3 aliphatic carbocycles. The lowest BCUT2D eigenvalue weighted by atomic mass is 9.76. The van der Waals surface area contributed by atoms with Gasteiger partial charge in [0.15, 0.2) is 0 Å². The molecule has 1 heterocycles. The number of hydrogen-bond donors (Lipinski definition) is 0. The van der Waals surface area contributed by atoms with E-state index in [2.05, 4.69) is 207 Å². The van der Waals surface area contributed by atoms with Gasteiger partial charge < -0.3 is 4.90 Å². The molecule has 9 aromatic carbocycles. The van der Waals surface area contributed by atoms with Crippen molar-refractivity contribution in [1.82, 2.24) is 0 Å². The molecule has 1 fully saturated rings. The molecule has 0 radical (unpaired) electrons. The molecule has 0 unspecified atom stereocenters. The van der Waals surface area contributed by atoms with Gasteiger partial charge >= 0.3 is 0 Å². The quantitative estimate of drug-likeness (QED) is 0.167. The number of fused-ring (bicyclic) bond motifs is 13. The summed E-state index contributed by atoms with van der Waals surface area (Å²) in [6.07, 6.45) is 4.95. The number of benzene rings is 9. The highest BCUT2D eigenvalue weighted by Crippen LogP contribution is 2.59. The Labute approximate surface area is 367 Å². The van der Waals surface area contributed by atoms with Crippen LogP contribution in [0.3, 0.4) is 0 Å². The Hall–Kier alpha value is -6.74. The molecule has 0 saturated heterocycles. The first-order valence-corrected chi connectivity index (χ1v) is 23.1. The zero-order chi connectivity index (χ0) is 41.2. The van der Waals surface area contributed by atoms with E-state index >= 15 is 0 Å². The number of thiophene rings is 1. The third-order valence-electron chi connectivity index (χ3n) is 14.8. The van der Waals surface area contributed by atoms with Gasteiger partial charge in [-0.3, -0.25) is 0 Å². The fourth-order valence-corrected chi connectivity index (χ4v) is 13.4. The predicted octanol–water partition coefficient (Wildman–Crippen LogP) is 17.2. The molecule has 1 saturated carbocycles. The normalized spacial score (nSPS) is 15.3. The number of hydrogen-bond acceptors (Lipinski definition) is 2. The van der Waals surface area contributed by atoms with Crippen molar-refractivity contribution in [3.8, 4) is 44.5 Å². The topological polar surface area (TPSA) is 3.24 Å². The van der Waals surface area contributed by atoms with Crippen LogP contribution in [-0.4, -0.2) is 0 Å². The molecule has 1 aromatic heterocycles. The molecule has 0 amide bonds. The van der Waals surface area contributed by atoms with Gasteiger partial charge in [0.25, 0.3) is 0 Å². The number of nitrogens with zero attached hydrogens (tertiary/aromatic N) is 1. The summed E-state index contributed by atoms with van der Waals surface area (Å²) in [4.78, 5) is 2.55. The van der Waals surface area contributed by atoms with Crippen molar-refractivity contribution < 1.29 is 0 Å². The van der Waals surface area contributed by atoms with Crippen LogP contribution in [0.4, 0.5) is 17.1 Å². The second kappa shape index (κ2) is 13.4. The van der Waals surface area contributed by atoms with Crippen molar-refractivity contribution >= 4 is 59.3 Å². The fraction of sp³-hybridized carbons (Fsp3) is 0.133. The molecule has 1 nitrogen and oxygen atoms in total. The van der Waals surface area contributed by atoms with Gasteiger partial charge in [-0.15, -0.1) is 11.3 Å². The first-order chi connectivity index (χ1) is 30.5. The molecule has 296 valence electrons. The van der Waals surface area contributed by atoms with E-state index in [-0.39, 0.29) is 10.8 Å². The second-order valence-electron chi connectivity index (χ2n) is 18.3. The van der Waals surface area contributed by atoms with Crippen molar-refractivity contribution in [2.45, 2.75) is 50.4 Å². The highest BCUT2D eigenvalue weighted by atomic mass is 32.1. The average Bonchev–Trinajstić information content (AvgIpc) is 4.09.